The molecule has 0 aromatic heterocycles. The Morgan fingerprint density at radius 1 is 1.14 bits per heavy atom. The quantitative estimate of drug-likeness (QED) is 0.748. The standard InChI is InChI=1S/C26H35NO2/c1-18-3-6-20(25(13-18)29-2)7-4-19-5-8-22-15-23(10-9-21(22)14-19)24-11-12-26(27,16-24)17-28/h3,6,9-10,13,15,19,24,28H,4-5,7-8,11-12,14,16-17,27H2,1-2H3/t19?,24?,26-/m1/s1. The maximum atomic E-state index is 9.56. The average Bonchev–Trinajstić information content (AvgIpc) is 3.15. The monoisotopic (exact) mass is 393 g/mol. The molecule has 0 saturated heterocycles. The second-order valence-corrected chi connectivity index (χ2v) is 9.45. The number of methoxy groups -OCH3 is 1. The van der Waals surface area contributed by atoms with Crippen molar-refractivity contribution in [2.45, 2.75) is 69.7 Å². The zero-order valence-electron chi connectivity index (χ0n) is 17.9. The third-order valence-corrected chi connectivity index (χ3v) is 7.26. The van der Waals surface area contributed by atoms with E-state index in [4.69, 9.17) is 10.5 Å². The molecular formula is C26H35NO2. The number of nitrogens with two attached hydrogens (primary N) is 1. The highest BCUT2D eigenvalue weighted by Crippen LogP contribution is 2.41. The molecule has 2 unspecified atom stereocenters. The number of ether oxygens (including phenoxy) is 1. The van der Waals surface area contributed by atoms with Gasteiger partial charge < -0.3 is 15.6 Å². The van der Waals surface area contributed by atoms with Crippen LogP contribution in [0.15, 0.2) is 36.4 Å². The van der Waals surface area contributed by atoms with Crippen LogP contribution in [0, 0.1) is 12.8 Å². The predicted octanol–water partition coefficient (Wildman–Crippen LogP) is 4.70. The zero-order valence-corrected chi connectivity index (χ0v) is 17.9. The molecule has 1 saturated carbocycles. The number of aliphatic hydroxyl groups excluding tert-OH is 1. The van der Waals surface area contributed by atoms with Gasteiger partial charge in [-0.05, 0) is 104 Å². The Morgan fingerprint density at radius 3 is 2.76 bits per heavy atom. The van der Waals surface area contributed by atoms with Gasteiger partial charge in [-0.1, -0.05) is 30.3 Å². The van der Waals surface area contributed by atoms with Crippen LogP contribution >= 0.6 is 0 Å². The molecule has 2 aromatic rings. The van der Waals surface area contributed by atoms with E-state index in [0.717, 1.165) is 37.4 Å². The molecule has 4 rings (SSSR count). The summed E-state index contributed by atoms with van der Waals surface area (Å²) < 4.78 is 5.58. The number of rotatable bonds is 6. The number of hydrogen-bond donors (Lipinski definition) is 2. The molecule has 0 heterocycles. The van der Waals surface area contributed by atoms with E-state index < -0.39 is 0 Å². The Labute approximate surface area is 175 Å². The molecule has 2 aliphatic rings. The third-order valence-electron chi connectivity index (χ3n) is 7.26. The maximum absolute atomic E-state index is 9.56. The van der Waals surface area contributed by atoms with Crippen LogP contribution in [-0.2, 0) is 19.3 Å². The number of hydrogen-bond acceptors (Lipinski definition) is 3. The van der Waals surface area contributed by atoms with Crippen LogP contribution in [0.1, 0.15) is 65.8 Å². The molecule has 0 spiro atoms. The largest absolute Gasteiger partial charge is 0.496 e. The van der Waals surface area contributed by atoms with Crippen LogP contribution in [0.3, 0.4) is 0 Å². The van der Waals surface area contributed by atoms with Crippen LogP contribution < -0.4 is 10.5 Å². The molecular weight excluding hydrogens is 358 g/mol. The summed E-state index contributed by atoms with van der Waals surface area (Å²) in [6, 6.07) is 13.7. The Morgan fingerprint density at radius 2 is 2.00 bits per heavy atom. The van der Waals surface area contributed by atoms with Crippen LogP contribution in [0.4, 0.5) is 0 Å². The Kier molecular flexibility index (Phi) is 5.98. The normalized spacial score (nSPS) is 26.3. The molecule has 1 fully saturated rings. The van der Waals surface area contributed by atoms with Gasteiger partial charge in [0.05, 0.1) is 13.7 Å². The fourth-order valence-corrected chi connectivity index (χ4v) is 5.35. The van der Waals surface area contributed by atoms with Crippen molar-refractivity contribution in [2.75, 3.05) is 13.7 Å². The fourth-order valence-electron chi connectivity index (χ4n) is 5.35. The maximum Gasteiger partial charge on any atom is 0.122 e. The van der Waals surface area contributed by atoms with Gasteiger partial charge in [0, 0.05) is 5.54 Å². The van der Waals surface area contributed by atoms with Crippen LogP contribution in [-0.4, -0.2) is 24.4 Å². The number of benzene rings is 2. The highest BCUT2D eigenvalue weighted by atomic mass is 16.5. The van der Waals surface area contributed by atoms with Gasteiger partial charge in [-0.2, -0.15) is 0 Å². The highest BCUT2D eigenvalue weighted by Gasteiger charge is 2.36. The lowest BCUT2D eigenvalue weighted by molar-refractivity contribution is 0.198. The van der Waals surface area contributed by atoms with Crippen molar-refractivity contribution in [3.8, 4) is 5.75 Å². The Hall–Kier alpha value is -1.84. The second-order valence-electron chi connectivity index (χ2n) is 9.45. The van der Waals surface area contributed by atoms with E-state index in [2.05, 4.69) is 43.3 Å². The van der Waals surface area contributed by atoms with Gasteiger partial charge in [0.25, 0.3) is 0 Å². The van der Waals surface area contributed by atoms with Crippen LogP contribution in [0.2, 0.25) is 0 Å². The van der Waals surface area contributed by atoms with Crippen LogP contribution in [0.25, 0.3) is 0 Å². The molecule has 0 bridgehead atoms. The van der Waals surface area contributed by atoms with Gasteiger partial charge in [0.15, 0.2) is 0 Å². The minimum atomic E-state index is -0.372. The molecule has 29 heavy (non-hydrogen) atoms. The molecule has 3 N–H and O–H groups in total. The first-order valence-corrected chi connectivity index (χ1v) is 11.1. The Balaban J connectivity index is 1.38. The summed E-state index contributed by atoms with van der Waals surface area (Å²) in [5, 5.41) is 9.56. The van der Waals surface area contributed by atoms with Gasteiger partial charge in [-0.15, -0.1) is 0 Å². The summed E-state index contributed by atoms with van der Waals surface area (Å²) in [7, 11) is 1.77. The van der Waals surface area contributed by atoms with Crippen molar-refractivity contribution in [2.24, 2.45) is 11.7 Å². The van der Waals surface area contributed by atoms with E-state index in [9.17, 15) is 5.11 Å². The SMILES string of the molecule is COc1cc(C)ccc1CCC1CCc2cc(C3CC[C@](N)(CO)C3)ccc2C1. The molecule has 156 valence electrons. The van der Waals surface area contributed by atoms with Crippen molar-refractivity contribution in [3.05, 3.63) is 64.2 Å². The lowest BCUT2D eigenvalue weighted by Crippen LogP contribution is -2.40. The summed E-state index contributed by atoms with van der Waals surface area (Å²) in [5.74, 6) is 2.28. The second kappa shape index (κ2) is 8.49. The zero-order chi connectivity index (χ0) is 20.4. The number of aliphatic hydroxyl groups is 1. The number of aryl methyl sites for hydroxylation is 3. The minimum Gasteiger partial charge on any atom is -0.496 e. The first-order valence-electron chi connectivity index (χ1n) is 11.1. The average molecular weight is 394 g/mol. The lowest BCUT2D eigenvalue weighted by Gasteiger charge is -2.26. The summed E-state index contributed by atoms with van der Waals surface area (Å²) >= 11 is 0. The van der Waals surface area contributed by atoms with Gasteiger partial charge in [0.2, 0.25) is 0 Å². The smallest absolute Gasteiger partial charge is 0.122 e. The van der Waals surface area contributed by atoms with Gasteiger partial charge in [0.1, 0.15) is 5.75 Å². The third kappa shape index (κ3) is 4.51. The van der Waals surface area contributed by atoms with E-state index in [-0.39, 0.29) is 12.1 Å². The molecule has 2 aromatic carbocycles. The molecule has 0 radical (unpaired) electrons. The summed E-state index contributed by atoms with van der Waals surface area (Å²) in [6.07, 6.45) is 8.87. The molecule has 3 heteroatoms. The molecule has 0 aliphatic heterocycles. The summed E-state index contributed by atoms with van der Waals surface area (Å²) in [6.45, 7) is 2.21. The molecule has 0 amide bonds. The van der Waals surface area contributed by atoms with Crippen LogP contribution in [0.5, 0.6) is 5.75 Å². The Bertz CT molecular complexity index is 862. The predicted molar refractivity (Wildman–Crippen MR) is 119 cm³/mol. The van der Waals surface area contributed by atoms with E-state index in [1.54, 1.807) is 7.11 Å². The van der Waals surface area contributed by atoms with E-state index in [0.29, 0.717) is 5.92 Å². The van der Waals surface area contributed by atoms with Gasteiger partial charge in [-0.25, -0.2) is 0 Å². The van der Waals surface area contributed by atoms with E-state index in [1.165, 1.54) is 53.5 Å². The van der Waals surface area contributed by atoms with Gasteiger partial charge >= 0.3 is 0 Å². The fraction of sp³-hybridized carbons (Fsp3) is 0.538. The first-order chi connectivity index (χ1) is 14.0. The highest BCUT2D eigenvalue weighted by molar-refractivity contribution is 5.38. The summed E-state index contributed by atoms with van der Waals surface area (Å²) in [5.41, 5.74) is 13.0. The molecule has 2 aliphatic carbocycles. The van der Waals surface area contributed by atoms with Crippen molar-refractivity contribution in [3.63, 3.8) is 0 Å². The van der Waals surface area contributed by atoms with E-state index in [1.807, 2.05) is 0 Å². The molecule has 3 nitrogen and oxygen atoms in total. The molecule has 3 atom stereocenters. The minimum absolute atomic E-state index is 0.0991. The van der Waals surface area contributed by atoms with Crippen molar-refractivity contribution in [1.29, 1.82) is 0 Å². The summed E-state index contributed by atoms with van der Waals surface area (Å²) in [4.78, 5) is 0. The van der Waals surface area contributed by atoms with E-state index >= 15 is 0 Å². The first kappa shape index (κ1) is 20.4. The lowest BCUT2D eigenvalue weighted by atomic mass is 9.79. The topological polar surface area (TPSA) is 55.5 Å². The van der Waals surface area contributed by atoms with Crippen molar-refractivity contribution in [1.82, 2.24) is 0 Å². The van der Waals surface area contributed by atoms with Crippen molar-refractivity contribution < 1.29 is 9.84 Å². The number of fused-ring (bicyclic) bond motifs is 1. The van der Waals surface area contributed by atoms with Gasteiger partial charge in [-0.3, -0.25) is 0 Å². The van der Waals surface area contributed by atoms with Crippen molar-refractivity contribution >= 4 is 0 Å².